The Hall–Kier alpha value is -1.37. The van der Waals surface area contributed by atoms with E-state index in [4.69, 9.17) is 10.5 Å². The van der Waals surface area contributed by atoms with Gasteiger partial charge in [0.15, 0.2) is 0 Å². The highest BCUT2D eigenvalue weighted by Gasteiger charge is 2.12. The minimum absolute atomic E-state index is 0.0846. The van der Waals surface area contributed by atoms with Gasteiger partial charge in [0.2, 0.25) is 17.7 Å². The predicted molar refractivity (Wildman–Crippen MR) is 63.4 cm³/mol. The number of primary amides is 1. The van der Waals surface area contributed by atoms with Crippen molar-refractivity contribution < 1.29 is 9.53 Å². The molecule has 88 valence electrons. The monoisotopic (exact) mass is 288 g/mol. The van der Waals surface area contributed by atoms with Crippen LogP contribution in [-0.2, 0) is 4.79 Å². The number of amides is 1. The second-order valence-electron chi connectivity index (χ2n) is 3.01. The number of rotatable bonds is 5. The van der Waals surface area contributed by atoms with Crippen LogP contribution in [0.3, 0.4) is 0 Å². The van der Waals surface area contributed by atoms with E-state index in [0.29, 0.717) is 22.8 Å². The summed E-state index contributed by atoms with van der Waals surface area (Å²) in [6, 6.07) is 0. The van der Waals surface area contributed by atoms with E-state index in [1.807, 2.05) is 6.92 Å². The van der Waals surface area contributed by atoms with Gasteiger partial charge in [0.05, 0.1) is 24.3 Å². The second-order valence-corrected chi connectivity index (χ2v) is 3.86. The van der Waals surface area contributed by atoms with Gasteiger partial charge in [0, 0.05) is 6.54 Å². The third-order valence-electron chi connectivity index (χ3n) is 1.90. The van der Waals surface area contributed by atoms with E-state index in [9.17, 15) is 4.79 Å². The molecule has 0 spiro atoms. The Balaban J connectivity index is 2.96. The molecular formula is C9H13BrN4O2. The van der Waals surface area contributed by atoms with Gasteiger partial charge in [-0.2, -0.15) is 4.98 Å². The molecular weight excluding hydrogens is 276 g/mol. The predicted octanol–water partition coefficient (Wildman–Crippen LogP) is 0.559. The first-order valence-electron chi connectivity index (χ1n) is 4.68. The van der Waals surface area contributed by atoms with Gasteiger partial charge in [-0.25, -0.2) is 4.98 Å². The summed E-state index contributed by atoms with van der Waals surface area (Å²) < 4.78 is 5.71. The minimum atomic E-state index is -0.424. The SMILES string of the molecule is CCN(CC(N)=O)c1ncc(Br)c(OC)n1. The molecule has 0 fully saturated rings. The molecule has 1 aromatic rings. The third kappa shape index (κ3) is 3.06. The topological polar surface area (TPSA) is 81.3 Å². The Labute approximate surface area is 102 Å². The molecule has 0 aliphatic heterocycles. The number of hydrogen-bond acceptors (Lipinski definition) is 5. The van der Waals surface area contributed by atoms with Crippen LogP contribution >= 0.6 is 15.9 Å². The Bertz CT molecular complexity index is 386. The van der Waals surface area contributed by atoms with E-state index in [-0.39, 0.29) is 6.54 Å². The van der Waals surface area contributed by atoms with Crippen molar-refractivity contribution in [1.29, 1.82) is 0 Å². The molecule has 1 rings (SSSR count). The summed E-state index contributed by atoms with van der Waals surface area (Å²) in [6.07, 6.45) is 1.57. The van der Waals surface area contributed by atoms with E-state index < -0.39 is 5.91 Å². The van der Waals surface area contributed by atoms with Crippen molar-refractivity contribution in [2.45, 2.75) is 6.92 Å². The molecule has 0 unspecified atom stereocenters. The molecule has 2 N–H and O–H groups in total. The molecule has 0 aliphatic rings. The fraction of sp³-hybridized carbons (Fsp3) is 0.444. The fourth-order valence-electron chi connectivity index (χ4n) is 1.15. The number of hydrogen-bond donors (Lipinski definition) is 1. The van der Waals surface area contributed by atoms with Crippen LogP contribution in [0.2, 0.25) is 0 Å². The molecule has 0 aromatic carbocycles. The first-order valence-corrected chi connectivity index (χ1v) is 5.47. The molecule has 0 bridgehead atoms. The molecule has 0 radical (unpaired) electrons. The second kappa shape index (κ2) is 5.64. The highest BCUT2D eigenvalue weighted by molar-refractivity contribution is 9.10. The maximum Gasteiger partial charge on any atom is 0.237 e. The van der Waals surface area contributed by atoms with Crippen molar-refractivity contribution in [3.05, 3.63) is 10.7 Å². The highest BCUT2D eigenvalue weighted by Crippen LogP contribution is 2.23. The largest absolute Gasteiger partial charge is 0.480 e. The number of likely N-dealkylation sites (N-methyl/N-ethyl adjacent to an activating group) is 1. The number of carbonyl (C=O) groups is 1. The van der Waals surface area contributed by atoms with E-state index in [0.717, 1.165) is 0 Å². The Morgan fingerprint density at radius 2 is 2.38 bits per heavy atom. The van der Waals surface area contributed by atoms with Crippen LogP contribution < -0.4 is 15.4 Å². The van der Waals surface area contributed by atoms with Gasteiger partial charge in [-0.1, -0.05) is 0 Å². The third-order valence-corrected chi connectivity index (χ3v) is 2.45. The maximum atomic E-state index is 10.8. The Kier molecular flexibility index (Phi) is 4.48. The first kappa shape index (κ1) is 12.7. The van der Waals surface area contributed by atoms with E-state index in [1.54, 1.807) is 11.1 Å². The summed E-state index contributed by atoms with van der Waals surface area (Å²) in [5.74, 6) is 0.418. The van der Waals surface area contributed by atoms with Gasteiger partial charge >= 0.3 is 0 Å². The smallest absolute Gasteiger partial charge is 0.237 e. The van der Waals surface area contributed by atoms with Crippen molar-refractivity contribution in [2.75, 3.05) is 25.1 Å². The standard InChI is InChI=1S/C9H13BrN4O2/c1-3-14(5-7(11)15)9-12-4-6(10)8(13-9)16-2/h4H,3,5H2,1-2H3,(H2,11,15). The average molecular weight is 289 g/mol. The van der Waals surface area contributed by atoms with Gasteiger partial charge in [0.1, 0.15) is 0 Å². The molecule has 0 aliphatic carbocycles. The van der Waals surface area contributed by atoms with E-state index in [2.05, 4.69) is 25.9 Å². The Morgan fingerprint density at radius 1 is 1.69 bits per heavy atom. The average Bonchev–Trinajstić information content (AvgIpc) is 2.26. The number of aromatic nitrogens is 2. The number of nitrogens with two attached hydrogens (primary N) is 1. The van der Waals surface area contributed by atoms with Crippen molar-refractivity contribution in [3.63, 3.8) is 0 Å². The van der Waals surface area contributed by atoms with Gasteiger partial charge < -0.3 is 15.4 Å². The van der Waals surface area contributed by atoms with Gasteiger partial charge in [-0.3, -0.25) is 4.79 Å². The maximum absolute atomic E-state index is 10.8. The molecule has 1 amide bonds. The summed E-state index contributed by atoms with van der Waals surface area (Å²) in [5.41, 5.74) is 5.13. The van der Waals surface area contributed by atoms with Crippen LogP contribution in [-0.4, -0.2) is 36.1 Å². The van der Waals surface area contributed by atoms with Crippen LogP contribution in [0.5, 0.6) is 5.88 Å². The summed E-state index contributed by atoms with van der Waals surface area (Å²) in [5, 5.41) is 0. The molecule has 0 atom stereocenters. The molecule has 7 heteroatoms. The molecule has 0 saturated carbocycles. The highest BCUT2D eigenvalue weighted by atomic mass is 79.9. The van der Waals surface area contributed by atoms with Crippen LogP contribution in [0.25, 0.3) is 0 Å². The van der Waals surface area contributed by atoms with Crippen LogP contribution in [0.15, 0.2) is 10.7 Å². The van der Waals surface area contributed by atoms with Crippen molar-refractivity contribution in [1.82, 2.24) is 9.97 Å². The minimum Gasteiger partial charge on any atom is -0.480 e. The number of nitrogens with zero attached hydrogens (tertiary/aromatic N) is 3. The molecule has 0 saturated heterocycles. The quantitative estimate of drug-likeness (QED) is 0.856. The lowest BCUT2D eigenvalue weighted by atomic mass is 10.5. The first-order chi connectivity index (χ1) is 7.58. The van der Waals surface area contributed by atoms with Gasteiger partial charge in [0.25, 0.3) is 0 Å². The lowest BCUT2D eigenvalue weighted by Crippen LogP contribution is -2.34. The van der Waals surface area contributed by atoms with Crippen LogP contribution in [0, 0.1) is 0 Å². The van der Waals surface area contributed by atoms with Gasteiger partial charge in [-0.15, -0.1) is 0 Å². The molecule has 1 heterocycles. The zero-order valence-electron chi connectivity index (χ0n) is 9.11. The normalized spacial score (nSPS) is 9.94. The number of methoxy groups -OCH3 is 1. The lowest BCUT2D eigenvalue weighted by molar-refractivity contribution is -0.116. The van der Waals surface area contributed by atoms with Crippen molar-refractivity contribution >= 4 is 27.8 Å². The number of halogens is 1. The zero-order chi connectivity index (χ0) is 12.1. The lowest BCUT2D eigenvalue weighted by Gasteiger charge is -2.19. The number of carbonyl (C=O) groups excluding carboxylic acids is 1. The fourth-order valence-corrected chi connectivity index (χ4v) is 1.50. The summed E-state index contributed by atoms with van der Waals surface area (Å²) in [7, 11) is 1.52. The summed E-state index contributed by atoms with van der Waals surface area (Å²) in [4.78, 5) is 20.8. The van der Waals surface area contributed by atoms with Crippen molar-refractivity contribution in [3.8, 4) is 5.88 Å². The Morgan fingerprint density at radius 3 is 2.88 bits per heavy atom. The van der Waals surface area contributed by atoms with E-state index in [1.165, 1.54) is 7.11 Å². The van der Waals surface area contributed by atoms with Crippen LogP contribution in [0.4, 0.5) is 5.95 Å². The molecule has 6 nitrogen and oxygen atoms in total. The van der Waals surface area contributed by atoms with Gasteiger partial charge in [-0.05, 0) is 22.9 Å². The summed E-state index contributed by atoms with van der Waals surface area (Å²) in [6.45, 7) is 2.57. The molecule has 16 heavy (non-hydrogen) atoms. The zero-order valence-corrected chi connectivity index (χ0v) is 10.7. The number of ether oxygens (including phenoxy) is 1. The van der Waals surface area contributed by atoms with Crippen molar-refractivity contribution in [2.24, 2.45) is 5.73 Å². The van der Waals surface area contributed by atoms with E-state index >= 15 is 0 Å². The summed E-state index contributed by atoms with van der Waals surface area (Å²) >= 11 is 3.25. The number of anilines is 1. The van der Waals surface area contributed by atoms with Crippen LogP contribution in [0.1, 0.15) is 6.92 Å². The molecule has 1 aromatic heterocycles.